The molecule has 0 aromatic heterocycles. The molecule has 1 heterocycles. The fourth-order valence-corrected chi connectivity index (χ4v) is 4.37. The molecule has 29 heavy (non-hydrogen) atoms. The SMILES string of the molecule is CCOC(=O)N1CCC(Nc2c(N[C@H]3CCCc4ccccc43)c(=O)c2=O)CC1. The van der Waals surface area contributed by atoms with Gasteiger partial charge >= 0.3 is 6.09 Å². The third kappa shape index (κ3) is 3.86. The van der Waals surface area contributed by atoms with E-state index < -0.39 is 10.9 Å². The zero-order valence-corrected chi connectivity index (χ0v) is 16.7. The highest BCUT2D eigenvalue weighted by atomic mass is 16.6. The van der Waals surface area contributed by atoms with E-state index in [0.29, 0.717) is 43.9 Å². The van der Waals surface area contributed by atoms with Crippen molar-refractivity contribution in [1.82, 2.24) is 4.90 Å². The Balaban J connectivity index is 1.42. The molecule has 0 unspecified atom stereocenters. The van der Waals surface area contributed by atoms with Crippen molar-refractivity contribution in [1.29, 1.82) is 0 Å². The van der Waals surface area contributed by atoms with E-state index in [1.807, 2.05) is 12.1 Å². The summed E-state index contributed by atoms with van der Waals surface area (Å²) in [4.78, 5) is 37.9. The highest BCUT2D eigenvalue weighted by Gasteiger charge is 2.30. The Kier molecular flexibility index (Phi) is 5.56. The number of aryl methyl sites for hydroxylation is 1. The monoisotopic (exact) mass is 397 g/mol. The van der Waals surface area contributed by atoms with Gasteiger partial charge in [0.1, 0.15) is 11.4 Å². The minimum Gasteiger partial charge on any atom is -0.450 e. The summed E-state index contributed by atoms with van der Waals surface area (Å²) < 4.78 is 5.04. The van der Waals surface area contributed by atoms with Gasteiger partial charge in [0.25, 0.3) is 10.9 Å². The number of nitrogens with one attached hydrogen (secondary N) is 2. The lowest BCUT2D eigenvalue weighted by Crippen LogP contribution is -2.45. The summed E-state index contributed by atoms with van der Waals surface area (Å²) in [5.74, 6) is 0. The molecule has 0 spiro atoms. The Bertz CT molecular complexity index is 955. The fourth-order valence-electron chi connectivity index (χ4n) is 4.37. The fraction of sp³-hybridized carbons (Fsp3) is 0.500. The smallest absolute Gasteiger partial charge is 0.409 e. The van der Waals surface area contributed by atoms with Crippen LogP contribution in [0.1, 0.15) is 49.8 Å². The normalized spacial score (nSPS) is 19.6. The van der Waals surface area contributed by atoms with Crippen LogP contribution in [-0.4, -0.2) is 36.7 Å². The van der Waals surface area contributed by atoms with Crippen LogP contribution in [0.15, 0.2) is 33.9 Å². The molecule has 1 aliphatic heterocycles. The number of ether oxygens (including phenoxy) is 1. The highest BCUT2D eigenvalue weighted by Crippen LogP contribution is 2.33. The molecule has 1 saturated heterocycles. The first-order valence-corrected chi connectivity index (χ1v) is 10.4. The number of hydrogen-bond acceptors (Lipinski definition) is 6. The third-order valence-corrected chi connectivity index (χ3v) is 5.97. The second kappa shape index (κ2) is 8.27. The minimum absolute atomic E-state index is 0.0504. The van der Waals surface area contributed by atoms with Crippen molar-refractivity contribution in [3.8, 4) is 0 Å². The molecule has 4 rings (SSSR count). The van der Waals surface area contributed by atoms with Crippen LogP contribution in [0.5, 0.6) is 0 Å². The number of benzene rings is 1. The zero-order valence-electron chi connectivity index (χ0n) is 16.7. The van der Waals surface area contributed by atoms with Crippen LogP contribution in [0, 0.1) is 0 Å². The molecule has 1 aliphatic carbocycles. The molecular formula is C22H27N3O4. The molecular weight excluding hydrogens is 370 g/mol. The summed E-state index contributed by atoms with van der Waals surface area (Å²) >= 11 is 0. The molecule has 2 aromatic carbocycles. The molecule has 7 nitrogen and oxygen atoms in total. The van der Waals surface area contributed by atoms with E-state index >= 15 is 0 Å². The largest absolute Gasteiger partial charge is 0.450 e. The van der Waals surface area contributed by atoms with Crippen molar-refractivity contribution in [2.24, 2.45) is 0 Å². The molecule has 2 N–H and O–H groups in total. The van der Waals surface area contributed by atoms with Crippen LogP contribution in [-0.2, 0) is 11.2 Å². The molecule has 1 amide bonds. The van der Waals surface area contributed by atoms with Crippen molar-refractivity contribution in [3.63, 3.8) is 0 Å². The summed E-state index contributed by atoms with van der Waals surface area (Å²) in [7, 11) is 0. The zero-order chi connectivity index (χ0) is 20.4. The first kappa shape index (κ1) is 19.5. The molecule has 2 aliphatic rings. The maximum Gasteiger partial charge on any atom is 0.409 e. The molecule has 7 heteroatoms. The summed E-state index contributed by atoms with van der Waals surface area (Å²) in [5, 5.41) is 6.60. The summed E-state index contributed by atoms with van der Waals surface area (Å²) in [6, 6.07) is 8.38. The first-order valence-electron chi connectivity index (χ1n) is 10.4. The lowest BCUT2D eigenvalue weighted by atomic mass is 9.87. The van der Waals surface area contributed by atoms with Crippen molar-refractivity contribution < 1.29 is 9.53 Å². The van der Waals surface area contributed by atoms with Gasteiger partial charge in [0.05, 0.1) is 12.6 Å². The van der Waals surface area contributed by atoms with Crippen LogP contribution in [0.25, 0.3) is 0 Å². The van der Waals surface area contributed by atoms with Crippen LogP contribution < -0.4 is 21.5 Å². The minimum atomic E-state index is -0.454. The van der Waals surface area contributed by atoms with E-state index in [1.54, 1.807) is 11.8 Å². The van der Waals surface area contributed by atoms with E-state index in [9.17, 15) is 14.4 Å². The number of anilines is 2. The van der Waals surface area contributed by atoms with E-state index in [-0.39, 0.29) is 18.2 Å². The van der Waals surface area contributed by atoms with Gasteiger partial charge in [-0.3, -0.25) is 9.59 Å². The van der Waals surface area contributed by atoms with E-state index in [4.69, 9.17) is 4.74 Å². The number of piperidine rings is 1. The van der Waals surface area contributed by atoms with Crippen molar-refractivity contribution in [2.75, 3.05) is 30.3 Å². The molecule has 1 fully saturated rings. The Morgan fingerprint density at radius 1 is 1.07 bits per heavy atom. The number of carbonyl (C=O) groups is 1. The van der Waals surface area contributed by atoms with Crippen molar-refractivity contribution in [3.05, 3.63) is 55.8 Å². The summed E-state index contributed by atoms with van der Waals surface area (Å²) in [6.07, 6.45) is 4.17. The van der Waals surface area contributed by atoms with E-state index in [2.05, 4.69) is 22.8 Å². The van der Waals surface area contributed by atoms with Gasteiger partial charge in [-0.05, 0) is 50.2 Å². The highest BCUT2D eigenvalue weighted by molar-refractivity contribution is 5.75. The van der Waals surface area contributed by atoms with Crippen LogP contribution in [0.4, 0.5) is 16.2 Å². The van der Waals surface area contributed by atoms with Gasteiger partial charge in [0.15, 0.2) is 0 Å². The predicted octanol–water partition coefficient (Wildman–Crippen LogP) is 2.80. The Hall–Kier alpha value is -2.83. The Labute approximate surface area is 169 Å². The molecule has 1 atom stereocenters. The van der Waals surface area contributed by atoms with Crippen molar-refractivity contribution >= 4 is 17.5 Å². The maximum atomic E-state index is 12.2. The molecule has 0 bridgehead atoms. The standard InChI is InChI=1S/C22H27N3O4/c1-2-29-22(28)25-12-10-15(11-13-25)23-18-19(21(27)20(18)26)24-17-9-5-7-14-6-3-4-8-16(14)17/h3-4,6,8,15,17,23-24H,2,5,7,9-13H2,1H3/t17-/m0/s1. The topological polar surface area (TPSA) is 87.7 Å². The van der Waals surface area contributed by atoms with Gasteiger partial charge in [0, 0.05) is 19.1 Å². The van der Waals surface area contributed by atoms with Crippen LogP contribution in [0.3, 0.4) is 0 Å². The van der Waals surface area contributed by atoms with Crippen molar-refractivity contribution in [2.45, 2.75) is 51.1 Å². The average Bonchev–Trinajstić information content (AvgIpc) is 2.76. The van der Waals surface area contributed by atoms with Crippen LogP contribution >= 0.6 is 0 Å². The number of fused-ring (bicyclic) bond motifs is 1. The molecule has 2 aromatic rings. The number of hydrogen-bond donors (Lipinski definition) is 2. The molecule has 0 saturated carbocycles. The lowest BCUT2D eigenvalue weighted by Gasteiger charge is -2.33. The Morgan fingerprint density at radius 3 is 2.48 bits per heavy atom. The lowest BCUT2D eigenvalue weighted by molar-refractivity contribution is 0.0983. The van der Waals surface area contributed by atoms with Gasteiger partial charge < -0.3 is 20.3 Å². The van der Waals surface area contributed by atoms with E-state index in [0.717, 1.165) is 19.3 Å². The average molecular weight is 397 g/mol. The summed E-state index contributed by atoms with van der Waals surface area (Å²) in [6.45, 7) is 3.30. The maximum absolute atomic E-state index is 12.2. The van der Waals surface area contributed by atoms with E-state index in [1.165, 1.54) is 11.1 Å². The summed E-state index contributed by atoms with van der Waals surface area (Å²) in [5.41, 5.74) is 2.41. The van der Waals surface area contributed by atoms with Gasteiger partial charge in [0.2, 0.25) is 0 Å². The quantitative estimate of drug-likeness (QED) is 0.755. The number of amides is 1. The second-order valence-corrected chi connectivity index (χ2v) is 7.80. The van der Waals surface area contributed by atoms with Crippen LogP contribution in [0.2, 0.25) is 0 Å². The number of carbonyl (C=O) groups excluding carboxylic acids is 1. The predicted molar refractivity (Wildman–Crippen MR) is 112 cm³/mol. The van der Waals surface area contributed by atoms with Gasteiger partial charge in [-0.1, -0.05) is 24.3 Å². The number of rotatable bonds is 5. The second-order valence-electron chi connectivity index (χ2n) is 7.80. The molecule has 0 radical (unpaired) electrons. The van der Waals surface area contributed by atoms with Gasteiger partial charge in [-0.2, -0.15) is 0 Å². The van der Waals surface area contributed by atoms with Gasteiger partial charge in [-0.25, -0.2) is 4.79 Å². The molecule has 154 valence electrons. The Morgan fingerprint density at radius 2 is 1.76 bits per heavy atom. The van der Waals surface area contributed by atoms with Gasteiger partial charge in [-0.15, -0.1) is 0 Å². The first-order chi connectivity index (χ1) is 14.1. The third-order valence-electron chi connectivity index (χ3n) is 5.97. The number of likely N-dealkylation sites (tertiary alicyclic amines) is 1. The number of nitrogens with zero attached hydrogens (tertiary/aromatic N) is 1.